The van der Waals surface area contributed by atoms with E-state index in [1.54, 1.807) is 0 Å². The molecule has 0 aromatic rings. The molecule has 2 amide bonds. The van der Waals surface area contributed by atoms with E-state index in [2.05, 4.69) is 5.32 Å². The van der Waals surface area contributed by atoms with Crippen molar-refractivity contribution < 1.29 is 14.4 Å². The first kappa shape index (κ1) is 11.8. The SMILES string of the molecule is CC(=O)CC(=O)NC(=O)CN1CCCC1. The molecule has 1 N–H and O–H groups in total. The van der Waals surface area contributed by atoms with Gasteiger partial charge in [-0.05, 0) is 32.9 Å². The highest BCUT2D eigenvalue weighted by Gasteiger charge is 2.16. The summed E-state index contributed by atoms with van der Waals surface area (Å²) in [5.74, 6) is -1.06. The number of likely N-dealkylation sites (tertiary alicyclic amines) is 1. The molecule has 84 valence electrons. The van der Waals surface area contributed by atoms with Crippen molar-refractivity contribution in [2.24, 2.45) is 0 Å². The van der Waals surface area contributed by atoms with Gasteiger partial charge in [-0.3, -0.25) is 24.6 Å². The average Bonchev–Trinajstić information content (AvgIpc) is 2.53. The Kier molecular flexibility index (Phi) is 4.42. The van der Waals surface area contributed by atoms with E-state index >= 15 is 0 Å². The zero-order valence-corrected chi connectivity index (χ0v) is 8.91. The first-order valence-electron chi connectivity index (χ1n) is 5.12. The van der Waals surface area contributed by atoms with Crippen molar-refractivity contribution in [1.82, 2.24) is 10.2 Å². The lowest BCUT2D eigenvalue weighted by Gasteiger charge is -2.13. The Morgan fingerprint density at radius 2 is 1.73 bits per heavy atom. The van der Waals surface area contributed by atoms with E-state index < -0.39 is 5.91 Å². The molecule has 0 saturated carbocycles. The molecule has 15 heavy (non-hydrogen) atoms. The Bertz CT molecular complexity index is 270. The molecule has 1 fully saturated rings. The zero-order valence-electron chi connectivity index (χ0n) is 8.91. The van der Waals surface area contributed by atoms with E-state index in [1.165, 1.54) is 6.92 Å². The summed E-state index contributed by atoms with van der Waals surface area (Å²) in [6.07, 6.45) is 2.00. The van der Waals surface area contributed by atoms with Crippen LogP contribution in [0.4, 0.5) is 0 Å². The van der Waals surface area contributed by atoms with Crippen LogP contribution in [0.2, 0.25) is 0 Å². The minimum Gasteiger partial charge on any atom is -0.299 e. The van der Waals surface area contributed by atoms with Crippen LogP contribution in [0.3, 0.4) is 0 Å². The zero-order chi connectivity index (χ0) is 11.3. The molecular weight excluding hydrogens is 196 g/mol. The van der Waals surface area contributed by atoms with Crippen molar-refractivity contribution in [3.8, 4) is 0 Å². The van der Waals surface area contributed by atoms with E-state index in [4.69, 9.17) is 0 Å². The number of amides is 2. The number of carbonyl (C=O) groups excluding carboxylic acids is 3. The van der Waals surface area contributed by atoms with Gasteiger partial charge in [0, 0.05) is 0 Å². The highest BCUT2D eigenvalue weighted by Crippen LogP contribution is 2.05. The normalized spacial score (nSPS) is 16.3. The van der Waals surface area contributed by atoms with Crippen LogP contribution in [0.25, 0.3) is 0 Å². The lowest BCUT2D eigenvalue weighted by atomic mass is 10.3. The average molecular weight is 212 g/mol. The highest BCUT2D eigenvalue weighted by molar-refractivity contribution is 6.04. The van der Waals surface area contributed by atoms with Gasteiger partial charge < -0.3 is 0 Å². The van der Waals surface area contributed by atoms with Gasteiger partial charge in [0.15, 0.2) is 0 Å². The van der Waals surface area contributed by atoms with Gasteiger partial charge in [-0.25, -0.2) is 0 Å². The molecule has 0 radical (unpaired) electrons. The smallest absolute Gasteiger partial charge is 0.240 e. The van der Waals surface area contributed by atoms with Gasteiger partial charge in [0.05, 0.1) is 13.0 Å². The fourth-order valence-corrected chi connectivity index (χ4v) is 1.61. The second kappa shape index (κ2) is 5.60. The minimum atomic E-state index is -0.508. The predicted molar refractivity (Wildman–Crippen MR) is 54.1 cm³/mol. The van der Waals surface area contributed by atoms with Crippen LogP contribution in [0.1, 0.15) is 26.2 Å². The lowest BCUT2D eigenvalue weighted by molar-refractivity contribution is -0.132. The van der Waals surface area contributed by atoms with E-state index in [-0.39, 0.29) is 24.7 Å². The Morgan fingerprint density at radius 1 is 1.13 bits per heavy atom. The van der Waals surface area contributed by atoms with Crippen molar-refractivity contribution >= 4 is 17.6 Å². The topological polar surface area (TPSA) is 66.5 Å². The lowest BCUT2D eigenvalue weighted by Crippen LogP contribution is -2.39. The monoisotopic (exact) mass is 212 g/mol. The summed E-state index contributed by atoms with van der Waals surface area (Å²) in [6.45, 7) is 3.40. The maximum absolute atomic E-state index is 11.3. The van der Waals surface area contributed by atoms with Crippen LogP contribution >= 0.6 is 0 Å². The fourth-order valence-electron chi connectivity index (χ4n) is 1.61. The Morgan fingerprint density at radius 3 is 2.27 bits per heavy atom. The second-order valence-electron chi connectivity index (χ2n) is 3.83. The third kappa shape index (κ3) is 4.69. The van der Waals surface area contributed by atoms with Crippen LogP contribution in [0, 0.1) is 0 Å². The Balaban J connectivity index is 2.22. The largest absolute Gasteiger partial charge is 0.299 e. The first-order chi connectivity index (χ1) is 7.08. The molecular formula is C10H16N2O3. The van der Waals surface area contributed by atoms with Crippen LogP contribution in [0.5, 0.6) is 0 Å². The quantitative estimate of drug-likeness (QED) is 0.650. The van der Waals surface area contributed by atoms with E-state index in [0.717, 1.165) is 25.9 Å². The predicted octanol–water partition coefficient (Wildman–Crippen LogP) is -0.296. The fraction of sp³-hybridized carbons (Fsp3) is 0.700. The molecule has 5 heteroatoms. The van der Waals surface area contributed by atoms with Gasteiger partial charge >= 0.3 is 0 Å². The molecule has 1 heterocycles. The second-order valence-corrected chi connectivity index (χ2v) is 3.83. The number of rotatable bonds is 4. The van der Waals surface area contributed by atoms with Gasteiger partial charge in [0.2, 0.25) is 11.8 Å². The molecule has 5 nitrogen and oxygen atoms in total. The third-order valence-corrected chi connectivity index (χ3v) is 2.25. The van der Waals surface area contributed by atoms with Crippen molar-refractivity contribution in [3.63, 3.8) is 0 Å². The van der Waals surface area contributed by atoms with Crippen molar-refractivity contribution in [1.29, 1.82) is 0 Å². The van der Waals surface area contributed by atoms with Crippen LogP contribution in [-0.2, 0) is 14.4 Å². The molecule has 0 unspecified atom stereocenters. The molecule has 0 spiro atoms. The van der Waals surface area contributed by atoms with Crippen LogP contribution in [0.15, 0.2) is 0 Å². The van der Waals surface area contributed by atoms with Crippen LogP contribution in [-0.4, -0.2) is 42.1 Å². The molecule has 0 atom stereocenters. The number of carbonyl (C=O) groups is 3. The van der Waals surface area contributed by atoms with Gasteiger partial charge in [-0.15, -0.1) is 0 Å². The number of Topliss-reactive ketones (excluding diaryl/α,β-unsaturated/α-hetero) is 1. The van der Waals surface area contributed by atoms with Gasteiger partial charge in [-0.2, -0.15) is 0 Å². The number of hydrogen-bond donors (Lipinski definition) is 1. The van der Waals surface area contributed by atoms with E-state index in [9.17, 15) is 14.4 Å². The van der Waals surface area contributed by atoms with Gasteiger partial charge in [0.1, 0.15) is 5.78 Å². The first-order valence-corrected chi connectivity index (χ1v) is 5.12. The summed E-state index contributed by atoms with van der Waals surface area (Å²) in [5, 5.41) is 2.20. The summed E-state index contributed by atoms with van der Waals surface area (Å²) in [6, 6.07) is 0. The maximum Gasteiger partial charge on any atom is 0.240 e. The van der Waals surface area contributed by atoms with E-state index in [0.29, 0.717) is 0 Å². The molecule has 0 bridgehead atoms. The molecule has 0 aromatic carbocycles. The van der Waals surface area contributed by atoms with Crippen molar-refractivity contribution in [2.75, 3.05) is 19.6 Å². The molecule has 1 aliphatic rings. The summed E-state index contributed by atoms with van der Waals surface area (Å²) in [4.78, 5) is 35.0. The summed E-state index contributed by atoms with van der Waals surface area (Å²) >= 11 is 0. The maximum atomic E-state index is 11.3. The van der Waals surface area contributed by atoms with Gasteiger partial charge in [-0.1, -0.05) is 0 Å². The Hall–Kier alpha value is -1.23. The highest BCUT2D eigenvalue weighted by atomic mass is 16.2. The van der Waals surface area contributed by atoms with Crippen molar-refractivity contribution in [2.45, 2.75) is 26.2 Å². The number of hydrogen-bond acceptors (Lipinski definition) is 4. The van der Waals surface area contributed by atoms with Gasteiger partial charge in [0.25, 0.3) is 0 Å². The molecule has 1 aliphatic heterocycles. The summed E-state index contributed by atoms with van der Waals surface area (Å²) in [7, 11) is 0. The standard InChI is InChI=1S/C10H16N2O3/c1-8(13)6-9(14)11-10(15)7-12-4-2-3-5-12/h2-7H2,1H3,(H,11,14,15). The summed E-state index contributed by atoms with van der Waals surface area (Å²) < 4.78 is 0. The number of imide groups is 1. The minimum absolute atomic E-state index is 0.217. The number of ketones is 1. The number of nitrogens with zero attached hydrogens (tertiary/aromatic N) is 1. The molecule has 1 saturated heterocycles. The Labute approximate surface area is 88.8 Å². The summed E-state index contributed by atoms with van der Waals surface area (Å²) in [5.41, 5.74) is 0. The van der Waals surface area contributed by atoms with Crippen LogP contribution < -0.4 is 5.32 Å². The van der Waals surface area contributed by atoms with E-state index in [1.807, 2.05) is 4.90 Å². The number of nitrogens with one attached hydrogen (secondary N) is 1. The molecule has 0 aliphatic carbocycles. The third-order valence-electron chi connectivity index (χ3n) is 2.25. The molecule has 1 rings (SSSR count). The molecule has 0 aromatic heterocycles. The van der Waals surface area contributed by atoms with Crippen molar-refractivity contribution in [3.05, 3.63) is 0 Å².